The molecule has 0 aliphatic rings. The third kappa shape index (κ3) is 2.19. The number of hydrogen-bond acceptors (Lipinski definition) is 3. The van der Waals surface area contributed by atoms with Crippen molar-refractivity contribution in [2.24, 2.45) is 0 Å². The fourth-order valence-corrected chi connectivity index (χ4v) is 1.64. The number of hydrogen-bond donors (Lipinski definition) is 1. The Balaban J connectivity index is 2.54. The summed E-state index contributed by atoms with van der Waals surface area (Å²) in [5.74, 6) is 0. The fraction of sp³-hybridized carbons (Fsp3) is 0. The van der Waals surface area contributed by atoms with Crippen molar-refractivity contribution in [1.82, 2.24) is 9.97 Å². The zero-order valence-electron chi connectivity index (χ0n) is 7.61. The number of anilines is 1. The smallest absolute Gasteiger partial charge is 0.140 e. The Bertz CT molecular complexity index is 500. The van der Waals surface area contributed by atoms with Gasteiger partial charge in [-0.1, -0.05) is 23.2 Å². The summed E-state index contributed by atoms with van der Waals surface area (Å²) in [4.78, 5) is 8.08. The standard InChI is InChI=1S/C10H7Cl2N3/c11-9-2-1-7(10(12)15-9)8-5-6(13)3-4-14-8/h1-5H,(H2,13,14). The van der Waals surface area contributed by atoms with Crippen LogP contribution in [0.5, 0.6) is 0 Å². The summed E-state index contributed by atoms with van der Waals surface area (Å²) in [7, 11) is 0. The second-order valence-corrected chi connectivity index (χ2v) is 3.69. The third-order valence-corrected chi connectivity index (χ3v) is 2.37. The molecule has 2 heterocycles. The third-order valence-electron chi connectivity index (χ3n) is 1.87. The second kappa shape index (κ2) is 4.04. The second-order valence-electron chi connectivity index (χ2n) is 2.95. The molecule has 0 spiro atoms. The maximum absolute atomic E-state index is 5.94. The van der Waals surface area contributed by atoms with Gasteiger partial charge in [0.2, 0.25) is 0 Å². The van der Waals surface area contributed by atoms with Crippen LogP contribution >= 0.6 is 23.2 Å². The van der Waals surface area contributed by atoms with E-state index >= 15 is 0 Å². The molecule has 0 atom stereocenters. The molecule has 2 aromatic heterocycles. The van der Waals surface area contributed by atoms with Crippen LogP contribution in [0.2, 0.25) is 10.3 Å². The number of rotatable bonds is 1. The Kier molecular flexibility index (Phi) is 2.75. The minimum Gasteiger partial charge on any atom is -0.399 e. The van der Waals surface area contributed by atoms with Gasteiger partial charge in [0, 0.05) is 17.4 Å². The van der Waals surface area contributed by atoms with Gasteiger partial charge in [-0.25, -0.2) is 4.98 Å². The van der Waals surface area contributed by atoms with Crippen LogP contribution in [0.15, 0.2) is 30.5 Å². The van der Waals surface area contributed by atoms with Crippen LogP contribution in [0.3, 0.4) is 0 Å². The fourth-order valence-electron chi connectivity index (χ4n) is 1.20. The molecule has 2 N–H and O–H groups in total. The maximum Gasteiger partial charge on any atom is 0.140 e. The molecule has 0 saturated carbocycles. The van der Waals surface area contributed by atoms with Crippen molar-refractivity contribution in [2.45, 2.75) is 0 Å². The lowest BCUT2D eigenvalue weighted by Gasteiger charge is -2.03. The normalized spacial score (nSPS) is 10.3. The summed E-state index contributed by atoms with van der Waals surface area (Å²) >= 11 is 11.6. The zero-order valence-corrected chi connectivity index (χ0v) is 9.13. The number of nitrogen functional groups attached to an aromatic ring is 1. The molecule has 0 radical (unpaired) electrons. The first kappa shape index (κ1) is 10.2. The highest BCUT2D eigenvalue weighted by Gasteiger charge is 2.06. The molecular weight excluding hydrogens is 233 g/mol. The Morgan fingerprint density at radius 2 is 1.93 bits per heavy atom. The molecule has 76 valence electrons. The van der Waals surface area contributed by atoms with Crippen molar-refractivity contribution in [3.8, 4) is 11.3 Å². The average molecular weight is 240 g/mol. The van der Waals surface area contributed by atoms with Gasteiger partial charge >= 0.3 is 0 Å². The Hall–Kier alpha value is -1.32. The van der Waals surface area contributed by atoms with Crippen molar-refractivity contribution in [2.75, 3.05) is 5.73 Å². The molecule has 0 aliphatic carbocycles. The van der Waals surface area contributed by atoms with Gasteiger partial charge in [-0.3, -0.25) is 4.98 Å². The predicted octanol–water partition coefficient (Wildman–Crippen LogP) is 3.03. The highest BCUT2D eigenvalue weighted by atomic mass is 35.5. The highest BCUT2D eigenvalue weighted by Crippen LogP contribution is 2.26. The number of nitrogens with two attached hydrogens (primary N) is 1. The Morgan fingerprint density at radius 1 is 1.13 bits per heavy atom. The van der Waals surface area contributed by atoms with E-state index in [1.54, 1.807) is 30.5 Å². The predicted molar refractivity (Wildman–Crippen MR) is 61.9 cm³/mol. The van der Waals surface area contributed by atoms with Crippen molar-refractivity contribution in [3.63, 3.8) is 0 Å². The average Bonchev–Trinajstić information content (AvgIpc) is 2.17. The van der Waals surface area contributed by atoms with Gasteiger partial charge in [0.25, 0.3) is 0 Å². The first-order valence-corrected chi connectivity index (χ1v) is 4.96. The van der Waals surface area contributed by atoms with Crippen LogP contribution in [0.4, 0.5) is 5.69 Å². The van der Waals surface area contributed by atoms with Crippen LogP contribution in [-0.2, 0) is 0 Å². The maximum atomic E-state index is 5.94. The molecule has 15 heavy (non-hydrogen) atoms. The molecule has 0 unspecified atom stereocenters. The van der Waals surface area contributed by atoms with Gasteiger partial charge in [0.15, 0.2) is 0 Å². The van der Waals surface area contributed by atoms with Gasteiger partial charge in [0.1, 0.15) is 10.3 Å². The van der Waals surface area contributed by atoms with Crippen molar-refractivity contribution < 1.29 is 0 Å². The van der Waals surface area contributed by atoms with Crippen molar-refractivity contribution in [1.29, 1.82) is 0 Å². The monoisotopic (exact) mass is 239 g/mol. The SMILES string of the molecule is Nc1ccnc(-c2ccc(Cl)nc2Cl)c1. The number of nitrogens with zero attached hydrogens (tertiary/aromatic N) is 2. The van der Waals surface area contributed by atoms with Gasteiger partial charge in [0.05, 0.1) is 5.69 Å². The lowest BCUT2D eigenvalue weighted by Crippen LogP contribution is -1.90. The summed E-state index contributed by atoms with van der Waals surface area (Å²) < 4.78 is 0. The molecule has 3 nitrogen and oxygen atoms in total. The summed E-state index contributed by atoms with van der Waals surface area (Å²) in [6, 6.07) is 6.87. The van der Waals surface area contributed by atoms with Crippen LogP contribution in [-0.4, -0.2) is 9.97 Å². The minimum atomic E-state index is 0.320. The Morgan fingerprint density at radius 3 is 2.60 bits per heavy atom. The number of aromatic nitrogens is 2. The number of halogens is 2. The van der Waals surface area contributed by atoms with Crippen molar-refractivity contribution >= 4 is 28.9 Å². The van der Waals surface area contributed by atoms with E-state index in [0.717, 1.165) is 0 Å². The summed E-state index contributed by atoms with van der Waals surface area (Å²) in [5.41, 5.74) is 7.68. The molecule has 0 aliphatic heterocycles. The first-order valence-electron chi connectivity index (χ1n) is 4.21. The molecule has 2 rings (SSSR count). The molecule has 2 aromatic rings. The van der Waals surface area contributed by atoms with Crippen LogP contribution in [0.1, 0.15) is 0 Å². The molecule has 0 saturated heterocycles. The van der Waals surface area contributed by atoms with E-state index in [1.807, 2.05) is 0 Å². The van der Waals surface area contributed by atoms with Gasteiger partial charge in [-0.15, -0.1) is 0 Å². The van der Waals surface area contributed by atoms with E-state index in [1.165, 1.54) is 0 Å². The van der Waals surface area contributed by atoms with Crippen LogP contribution < -0.4 is 5.73 Å². The molecule has 0 aromatic carbocycles. The van der Waals surface area contributed by atoms with E-state index in [2.05, 4.69) is 9.97 Å². The van der Waals surface area contributed by atoms with E-state index in [4.69, 9.17) is 28.9 Å². The molecular formula is C10H7Cl2N3. The zero-order chi connectivity index (χ0) is 10.8. The Labute approximate surface area is 96.9 Å². The summed E-state index contributed by atoms with van der Waals surface area (Å²) in [6.07, 6.45) is 1.62. The number of pyridine rings is 2. The van der Waals surface area contributed by atoms with Gasteiger partial charge < -0.3 is 5.73 Å². The van der Waals surface area contributed by atoms with Crippen LogP contribution in [0, 0.1) is 0 Å². The molecule has 0 bridgehead atoms. The van der Waals surface area contributed by atoms with E-state index in [0.29, 0.717) is 27.3 Å². The lowest BCUT2D eigenvalue weighted by molar-refractivity contribution is 1.28. The summed E-state index contributed by atoms with van der Waals surface area (Å²) in [5, 5.41) is 0.674. The molecule has 0 amide bonds. The molecule has 5 heteroatoms. The van der Waals surface area contributed by atoms with Crippen molar-refractivity contribution in [3.05, 3.63) is 40.8 Å². The topological polar surface area (TPSA) is 51.8 Å². The van der Waals surface area contributed by atoms with Crippen LogP contribution in [0.25, 0.3) is 11.3 Å². The highest BCUT2D eigenvalue weighted by molar-refractivity contribution is 6.34. The lowest BCUT2D eigenvalue weighted by atomic mass is 10.2. The minimum absolute atomic E-state index is 0.320. The van der Waals surface area contributed by atoms with E-state index < -0.39 is 0 Å². The summed E-state index contributed by atoms with van der Waals surface area (Å²) in [6.45, 7) is 0. The largest absolute Gasteiger partial charge is 0.399 e. The van der Waals surface area contributed by atoms with E-state index in [9.17, 15) is 0 Å². The first-order chi connectivity index (χ1) is 7.16. The quantitative estimate of drug-likeness (QED) is 0.779. The van der Waals surface area contributed by atoms with Gasteiger partial charge in [-0.2, -0.15) is 0 Å². The molecule has 0 fully saturated rings. The van der Waals surface area contributed by atoms with E-state index in [-0.39, 0.29) is 0 Å². The van der Waals surface area contributed by atoms with Gasteiger partial charge in [-0.05, 0) is 24.3 Å².